The third-order valence-corrected chi connectivity index (χ3v) is 1.70. The molecule has 0 saturated carbocycles. The van der Waals surface area contributed by atoms with E-state index in [-0.39, 0.29) is 11.1 Å². The largest absolute Gasteiger partial charge is 0.433 e. The lowest BCUT2D eigenvalue weighted by Gasteiger charge is -2.06. The number of nitrogens with zero attached hydrogens (tertiary/aromatic N) is 1. The summed E-state index contributed by atoms with van der Waals surface area (Å²) in [6.45, 7) is 3.32. The van der Waals surface area contributed by atoms with E-state index in [2.05, 4.69) is 11.6 Å². The van der Waals surface area contributed by atoms with Gasteiger partial charge in [-0.3, -0.25) is 9.78 Å². The second-order valence-electron chi connectivity index (χ2n) is 2.77. The monoisotopic (exact) mass is 216 g/mol. The van der Waals surface area contributed by atoms with Gasteiger partial charge < -0.3 is 5.73 Å². The third kappa shape index (κ3) is 2.55. The second kappa shape index (κ2) is 3.72. The van der Waals surface area contributed by atoms with Crippen molar-refractivity contribution in [2.75, 3.05) is 0 Å². The predicted octanol–water partition coefficient (Wildman–Crippen LogP) is 1.60. The minimum absolute atomic E-state index is 0.0729. The van der Waals surface area contributed by atoms with Gasteiger partial charge in [-0.1, -0.05) is 12.6 Å². The number of carbonyl (C=O) groups is 1. The Labute approximate surface area is 83.4 Å². The highest BCUT2D eigenvalue weighted by Crippen LogP contribution is 2.27. The molecular formula is C9H7F3N2O. The molecule has 0 aliphatic rings. The number of halogens is 3. The van der Waals surface area contributed by atoms with E-state index >= 15 is 0 Å². The number of nitrogens with two attached hydrogens (primary N) is 1. The average Bonchev–Trinajstić information content (AvgIpc) is 2.15. The van der Waals surface area contributed by atoms with Gasteiger partial charge >= 0.3 is 6.18 Å². The highest BCUT2D eigenvalue weighted by molar-refractivity contribution is 6.17. The quantitative estimate of drug-likeness (QED) is 0.763. The molecule has 0 bridgehead atoms. The van der Waals surface area contributed by atoms with E-state index < -0.39 is 17.8 Å². The Balaban J connectivity index is 3.01. The summed E-state index contributed by atoms with van der Waals surface area (Å²) < 4.78 is 36.3. The molecule has 1 aromatic heterocycles. The number of aromatic nitrogens is 1. The molecule has 0 aromatic carbocycles. The first kappa shape index (κ1) is 11.2. The molecule has 0 atom stereocenters. The maximum absolute atomic E-state index is 12.1. The van der Waals surface area contributed by atoms with Crippen LogP contribution in [-0.4, -0.2) is 10.9 Å². The fourth-order valence-electron chi connectivity index (χ4n) is 0.882. The van der Waals surface area contributed by atoms with Gasteiger partial charge in [0.15, 0.2) is 0 Å². The third-order valence-electron chi connectivity index (χ3n) is 1.70. The zero-order chi connectivity index (χ0) is 11.6. The van der Waals surface area contributed by atoms with Crippen LogP contribution >= 0.6 is 0 Å². The number of carbonyl (C=O) groups excluding carboxylic acids is 1. The molecule has 2 N–H and O–H groups in total. The van der Waals surface area contributed by atoms with E-state index in [9.17, 15) is 18.0 Å². The molecule has 0 fully saturated rings. The second-order valence-corrected chi connectivity index (χ2v) is 2.77. The van der Waals surface area contributed by atoms with Gasteiger partial charge in [0.1, 0.15) is 5.69 Å². The zero-order valence-electron chi connectivity index (χ0n) is 7.51. The summed E-state index contributed by atoms with van der Waals surface area (Å²) >= 11 is 0. The Bertz CT molecular complexity index is 395. The number of rotatable bonds is 2. The molecule has 6 heteroatoms. The number of alkyl halides is 3. The summed E-state index contributed by atoms with van der Waals surface area (Å²) in [6.07, 6.45) is -3.58. The highest BCUT2D eigenvalue weighted by Gasteiger charge is 2.32. The van der Waals surface area contributed by atoms with Crippen LogP contribution < -0.4 is 5.73 Å². The molecule has 1 heterocycles. The molecule has 15 heavy (non-hydrogen) atoms. The molecule has 0 aliphatic carbocycles. The molecule has 0 spiro atoms. The number of pyridine rings is 1. The number of amides is 1. The summed E-state index contributed by atoms with van der Waals surface area (Å²) in [4.78, 5) is 13.8. The summed E-state index contributed by atoms with van der Waals surface area (Å²) in [5.41, 5.74) is 3.98. The van der Waals surface area contributed by atoms with Crippen molar-refractivity contribution in [1.82, 2.24) is 4.98 Å². The van der Waals surface area contributed by atoms with E-state index in [0.717, 1.165) is 18.3 Å². The minimum atomic E-state index is -4.49. The molecule has 1 amide bonds. The van der Waals surface area contributed by atoms with Crippen LogP contribution in [0.2, 0.25) is 0 Å². The normalized spacial score (nSPS) is 11.1. The average molecular weight is 216 g/mol. The number of primary amides is 1. The lowest BCUT2D eigenvalue weighted by molar-refractivity contribution is -0.141. The molecule has 3 nitrogen and oxygen atoms in total. The Morgan fingerprint density at radius 1 is 1.40 bits per heavy atom. The molecule has 0 aliphatic heterocycles. The zero-order valence-corrected chi connectivity index (χ0v) is 7.51. The topological polar surface area (TPSA) is 56.0 Å². The lowest BCUT2D eigenvalue weighted by atomic mass is 10.1. The van der Waals surface area contributed by atoms with E-state index in [1.165, 1.54) is 0 Å². The van der Waals surface area contributed by atoms with Gasteiger partial charge in [-0.2, -0.15) is 13.2 Å². The van der Waals surface area contributed by atoms with Crippen molar-refractivity contribution in [2.45, 2.75) is 6.18 Å². The Kier molecular flexibility index (Phi) is 2.78. The smallest absolute Gasteiger partial charge is 0.366 e. The van der Waals surface area contributed by atoms with Crippen molar-refractivity contribution in [2.24, 2.45) is 5.73 Å². The van der Waals surface area contributed by atoms with Crippen molar-refractivity contribution in [3.8, 4) is 0 Å². The SMILES string of the molecule is C=C(C(N)=O)c1ccc(C(F)(F)F)nc1. The summed E-state index contributed by atoms with van der Waals surface area (Å²) in [5.74, 6) is -0.795. The number of hydrogen-bond acceptors (Lipinski definition) is 2. The molecule has 0 unspecified atom stereocenters. The van der Waals surface area contributed by atoms with E-state index in [4.69, 9.17) is 5.73 Å². The Hall–Kier alpha value is -1.85. The maximum Gasteiger partial charge on any atom is 0.433 e. The van der Waals surface area contributed by atoms with Crippen LogP contribution in [0.25, 0.3) is 5.57 Å². The van der Waals surface area contributed by atoms with Crippen molar-refractivity contribution in [1.29, 1.82) is 0 Å². The van der Waals surface area contributed by atoms with Crippen LogP contribution in [0.15, 0.2) is 24.9 Å². The molecular weight excluding hydrogens is 209 g/mol. The number of hydrogen-bond donors (Lipinski definition) is 1. The Morgan fingerprint density at radius 3 is 2.33 bits per heavy atom. The van der Waals surface area contributed by atoms with Crippen LogP contribution in [0.5, 0.6) is 0 Å². The van der Waals surface area contributed by atoms with Gasteiger partial charge in [0, 0.05) is 17.3 Å². The van der Waals surface area contributed by atoms with Crippen LogP contribution in [0.1, 0.15) is 11.3 Å². The van der Waals surface area contributed by atoms with E-state index in [0.29, 0.717) is 0 Å². The van der Waals surface area contributed by atoms with Gasteiger partial charge in [0.05, 0.1) is 0 Å². The molecule has 1 rings (SSSR count). The van der Waals surface area contributed by atoms with Crippen LogP contribution in [0.4, 0.5) is 13.2 Å². The standard InChI is InChI=1S/C9H7F3N2O/c1-5(8(13)15)6-2-3-7(14-4-6)9(10,11)12/h2-4H,1H2,(H2,13,15). The Morgan fingerprint density at radius 2 is 2.00 bits per heavy atom. The fourth-order valence-corrected chi connectivity index (χ4v) is 0.882. The molecule has 80 valence electrons. The van der Waals surface area contributed by atoms with Gasteiger partial charge in [0.25, 0.3) is 0 Å². The van der Waals surface area contributed by atoms with Crippen molar-refractivity contribution >= 4 is 11.5 Å². The fraction of sp³-hybridized carbons (Fsp3) is 0.111. The van der Waals surface area contributed by atoms with Crippen LogP contribution in [0.3, 0.4) is 0 Å². The molecule has 0 saturated heterocycles. The molecule has 0 radical (unpaired) electrons. The van der Waals surface area contributed by atoms with Gasteiger partial charge in [0.2, 0.25) is 5.91 Å². The van der Waals surface area contributed by atoms with Gasteiger partial charge in [-0.05, 0) is 6.07 Å². The van der Waals surface area contributed by atoms with E-state index in [1.807, 2.05) is 0 Å². The summed E-state index contributed by atoms with van der Waals surface area (Å²) in [7, 11) is 0. The first-order valence-corrected chi connectivity index (χ1v) is 3.84. The predicted molar refractivity (Wildman–Crippen MR) is 47.5 cm³/mol. The summed E-state index contributed by atoms with van der Waals surface area (Å²) in [5, 5.41) is 0. The van der Waals surface area contributed by atoms with Gasteiger partial charge in [-0.25, -0.2) is 0 Å². The van der Waals surface area contributed by atoms with Crippen molar-refractivity contribution < 1.29 is 18.0 Å². The van der Waals surface area contributed by atoms with Crippen LogP contribution in [0, 0.1) is 0 Å². The minimum Gasteiger partial charge on any atom is -0.366 e. The van der Waals surface area contributed by atoms with Crippen molar-refractivity contribution in [3.63, 3.8) is 0 Å². The van der Waals surface area contributed by atoms with Crippen LogP contribution in [-0.2, 0) is 11.0 Å². The van der Waals surface area contributed by atoms with Gasteiger partial charge in [-0.15, -0.1) is 0 Å². The highest BCUT2D eigenvalue weighted by atomic mass is 19.4. The van der Waals surface area contributed by atoms with Crippen molar-refractivity contribution in [3.05, 3.63) is 36.2 Å². The first-order chi connectivity index (χ1) is 6.82. The van der Waals surface area contributed by atoms with E-state index in [1.54, 1.807) is 0 Å². The maximum atomic E-state index is 12.1. The molecule has 1 aromatic rings. The summed E-state index contributed by atoms with van der Waals surface area (Å²) in [6, 6.07) is 1.87. The first-order valence-electron chi connectivity index (χ1n) is 3.84. The lowest BCUT2D eigenvalue weighted by Crippen LogP contribution is -2.13.